The van der Waals surface area contributed by atoms with Gasteiger partial charge in [-0.2, -0.15) is 105 Å². The second-order valence-electron chi connectivity index (χ2n) is 20.3. The van der Waals surface area contributed by atoms with Gasteiger partial charge in [-0.3, -0.25) is 0 Å². The molecule has 0 saturated carbocycles. The Morgan fingerprint density at radius 2 is 0.543 bits per heavy atom. The zero-order valence-electron chi connectivity index (χ0n) is 36.1. The predicted molar refractivity (Wildman–Crippen MR) is 200 cm³/mol. The van der Waals surface area contributed by atoms with E-state index in [9.17, 15) is 0 Å². The highest BCUT2D eigenvalue weighted by molar-refractivity contribution is 7.16. The first kappa shape index (κ1) is 56.3. The first-order valence-corrected chi connectivity index (χ1v) is 28.6. The third kappa shape index (κ3) is 6.34. The van der Waals surface area contributed by atoms with Crippen molar-refractivity contribution in [2.45, 2.75) is 171 Å². The van der Waals surface area contributed by atoms with Crippen molar-refractivity contribution in [1.82, 2.24) is 0 Å². The van der Waals surface area contributed by atoms with Crippen molar-refractivity contribution in [2.75, 3.05) is 12.3 Å². The lowest BCUT2D eigenvalue weighted by molar-refractivity contribution is -0.643. The summed E-state index contributed by atoms with van der Waals surface area (Å²) in [6, 6.07) is 0.154. The van der Waals surface area contributed by atoms with Gasteiger partial charge in [-0.05, 0) is 23.5 Å². The Labute approximate surface area is 384 Å². The summed E-state index contributed by atoms with van der Waals surface area (Å²) in [7, 11) is -5.26. The van der Waals surface area contributed by atoms with Crippen LogP contribution in [0.15, 0.2) is 12.1 Å². The van der Waals surface area contributed by atoms with Crippen LogP contribution in [-0.4, -0.2) is 123 Å². The van der Waals surface area contributed by atoms with Crippen LogP contribution in [0, 0.1) is 0 Å². The number of ether oxygens (including phenoxy) is 6. The fourth-order valence-corrected chi connectivity index (χ4v) is 18.8. The molecule has 0 N–H and O–H groups in total. The molecule has 10 atom stereocenters. The maximum absolute atomic E-state index is 16.6. The first-order valence-electron chi connectivity index (χ1n) is 20.0. The molecule has 1 aromatic rings. The Bertz CT molecular complexity index is 2030. The molecule has 6 nitrogen and oxygen atoms in total. The maximum atomic E-state index is 16.6. The molecule has 9 rings (SSSR count). The predicted octanol–water partition coefficient (Wildman–Crippen LogP) is 11.0. The molecule has 0 aliphatic carbocycles. The number of hydrogen-bond acceptors (Lipinski definition) is 6. The van der Waals surface area contributed by atoms with Crippen LogP contribution in [0.4, 0.5) is 105 Å². The van der Waals surface area contributed by atoms with Gasteiger partial charge in [0.05, 0.1) is 52.7 Å². The number of halogens is 24. The minimum absolute atomic E-state index is 0.0768. The van der Waals surface area contributed by atoms with E-state index < -0.39 is 181 Å². The number of benzene rings is 1. The molecule has 10 unspecified atom stereocenters. The lowest BCUT2D eigenvalue weighted by Gasteiger charge is -2.77. The van der Waals surface area contributed by atoms with Crippen LogP contribution in [0.1, 0.15) is 36.8 Å². The summed E-state index contributed by atoms with van der Waals surface area (Å²) in [6.07, 6.45) is -74.5. The number of alkyl halides is 24. The molecule has 8 bridgehead atoms. The average molecular weight is 1140 g/mol. The van der Waals surface area contributed by atoms with Gasteiger partial charge in [0, 0.05) is 0 Å². The van der Waals surface area contributed by atoms with Crippen molar-refractivity contribution in [2.24, 2.45) is 0 Å². The van der Waals surface area contributed by atoms with Crippen molar-refractivity contribution in [3.8, 4) is 0 Å². The minimum Gasteiger partial charge on any atom is -0.325 e. The molecule has 0 aromatic heterocycles. The summed E-state index contributed by atoms with van der Waals surface area (Å²) in [5.41, 5.74) is -38.6. The molecule has 8 heterocycles. The highest BCUT2D eigenvalue weighted by Crippen LogP contribution is 2.82. The minimum atomic E-state index is -7.14. The lowest BCUT2D eigenvalue weighted by Crippen LogP contribution is -2.95. The monoisotopic (exact) mass is 1140 g/mol. The van der Waals surface area contributed by atoms with E-state index in [1.807, 2.05) is 0 Å². The maximum Gasteiger partial charge on any atom is 0.443 e. The van der Waals surface area contributed by atoms with E-state index in [2.05, 4.69) is 28.4 Å². The molecule has 8 aliphatic heterocycles. The van der Waals surface area contributed by atoms with E-state index in [1.54, 1.807) is 0 Å². The third-order valence-corrected chi connectivity index (χ3v) is 20.1. The summed E-state index contributed by atoms with van der Waals surface area (Å²) >= 11 is 0. The Morgan fingerprint density at radius 3 is 0.671 bits per heavy atom. The van der Waals surface area contributed by atoms with E-state index in [-0.39, 0.29) is 12.1 Å². The summed E-state index contributed by atoms with van der Waals surface area (Å²) < 4.78 is 408. The Morgan fingerprint density at radius 1 is 0.357 bits per heavy atom. The smallest absolute Gasteiger partial charge is 0.325 e. The van der Waals surface area contributed by atoms with Gasteiger partial charge >= 0.3 is 49.4 Å². The Balaban J connectivity index is 1.86. The van der Waals surface area contributed by atoms with Crippen LogP contribution >= 0.6 is 18.5 Å². The van der Waals surface area contributed by atoms with Gasteiger partial charge in [0.15, 0.2) is 22.4 Å². The van der Waals surface area contributed by atoms with E-state index in [4.69, 9.17) is 0 Å². The van der Waals surface area contributed by atoms with Gasteiger partial charge in [-0.25, -0.2) is 0 Å². The first-order chi connectivity index (χ1) is 30.6. The van der Waals surface area contributed by atoms with E-state index in [0.717, 1.165) is 18.5 Å². The zero-order valence-corrected chi connectivity index (χ0v) is 40.4. The van der Waals surface area contributed by atoms with Gasteiger partial charge in [-0.1, -0.05) is 61.8 Å². The Hall–Kier alpha value is -1.41. The molecule has 0 radical (unpaired) electrons. The van der Waals surface area contributed by atoms with E-state index >= 15 is 105 Å². The van der Waals surface area contributed by atoms with Crippen molar-refractivity contribution in [3.05, 3.63) is 23.3 Å². The standard InChI is InChI=1S/C36H36F24O6P2Si2/c1-69(2,3)17-7-15(19(13-67)21(29(37,38)39)9-25(33(49,50)51)62-22(19,30(40,41)42)10-26(61-21,65-25)34(52,53)54)16(8-18(17)70(4,5)6)20(14-68)23(31(43,44)45)11-27(35(55,56)57)64-24(20,32(46,47)48)12-28(63-23,66-27)36(58,59)60/h7-8H,9-14,67-68H2,1-6H3. The number of rotatable bonds is 6. The highest BCUT2D eigenvalue weighted by atomic mass is 31.0. The fourth-order valence-electron chi connectivity index (χ4n) is 11.9. The normalized spacial score (nSPS) is 40.7. The van der Waals surface area contributed by atoms with Crippen LogP contribution in [0.3, 0.4) is 0 Å². The quantitative estimate of drug-likeness (QED) is 0.161. The summed E-state index contributed by atoms with van der Waals surface area (Å²) in [6.45, 7) is 7.35. The van der Waals surface area contributed by atoms with Gasteiger partial charge in [0.25, 0.3) is 23.1 Å². The van der Waals surface area contributed by atoms with Crippen molar-refractivity contribution < 1.29 is 134 Å². The third-order valence-electron chi connectivity index (χ3n) is 14.6. The lowest BCUT2D eigenvalue weighted by atomic mass is 9.44. The molecule has 8 aliphatic rings. The molecule has 70 heavy (non-hydrogen) atoms. The van der Waals surface area contributed by atoms with Gasteiger partial charge in [0.1, 0.15) is 0 Å². The second kappa shape index (κ2) is 14.3. The summed E-state index contributed by atoms with van der Waals surface area (Å²) in [5, 5.41) is -1.07. The topological polar surface area (TPSA) is 55.4 Å². The molecular weight excluding hydrogens is 1100 g/mol. The number of hydrogen-bond donors (Lipinski definition) is 0. The largest absolute Gasteiger partial charge is 0.443 e. The highest BCUT2D eigenvalue weighted by Gasteiger charge is 3.01. The fraction of sp³-hybridized carbons (Fsp3) is 0.833. The van der Waals surface area contributed by atoms with E-state index in [0.29, 0.717) is 0 Å². The van der Waals surface area contributed by atoms with Crippen molar-refractivity contribution >= 4 is 45.0 Å². The van der Waals surface area contributed by atoms with Gasteiger partial charge in [0.2, 0.25) is 0 Å². The molecule has 402 valence electrons. The Kier molecular flexibility index (Phi) is 11.5. The van der Waals surface area contributed by atoms with E-state index in [1.165, 1.54) is 39.3 Å². The SMILES string of the molecule is C[Si](C)(C)c1cc(C2(CP)C3(C(F)(F)F)CC4(C(F)(F)F)OC(C(F)(F)F)(CC2(C(F)(F)F)O4)O3)c(C2(CP)C3(C(F)(F)F)CC4(C(F)(F)F)OC(C(F)(F)F)(CC2(C(F)(F)F)O4)O3)cc1[Si](C)(C)C. The van der Waals surface area contributed by atoms with Crippen LogP contribution in [0.2, 0.25) is 39.3 Å². The van der Waals surface area contributed by atoms with Gasteiger partial charge in [-0.15, -0.1) is 18.5 Å². The summed E-state index contributed by atoms with van der Waals surface area (Å²) in [5.74, 6) is -22.8. The van der Waals surface area contributed by atoms with Crippen LogP contribution in [0.5, 0.6) is 0 Å². The summed E-state index contributed by atoms with van der Waals surface area (Å²) in [4.78, 5) is 0. The molecule has 0 spiro atoms. The molecule has 8 fully saturated rings. The van der Waals surface area contributed by atoms with Crippen molar-refractivity contribution in [1.29, 1.82) is 0 Å². The molecule has 34 heteroatoms. The molecule has 0 amide bonds. The second-order valence-corrected chi connectivity index (χ2v) is 31.2. The van der Waals surface area contributed by atoms with Crippen LogP contribution in [0.25, 0.3) is 0 Å². The average Bonchev–Trinajstić information content (AvgIpc) is 3.10. The van der Waals surface area contributed by atoms with Crippen LogP contribution < -0.4 is 10.4 Å². The molecule has 1 aromatic carbocycles. The zero-order chi connectivity index (χ0) is 54.2. The molecular formula is C36H36F24O6P2Si2. The van der Waals surface area contributed by atoms with Gasteiger partial charge < -0.3 is 28.4 Å². The van der Waals surface area contributed by atoms with Crippen molar-refractivity contribution in [3.63, 3.8) is 0 Å². The molecule has 8 saturated heterocycles. The van der Waals surface area contributed by atoms with Crippen LogP contribution in [-0.2, 0) is 39.3 Å².